The summed E-state index contributed by atoms with van der Waals surface area (Å²) in [5.41, 5.74) is 9.46. The first-order valence-corrected chi connectivity index (χ1v) is 22.0. The van der Waals surface area contributed by atoms with Crippen molar-refractivity contribution < 1.29 is 0 Å². The van der Waals surface area contributed by atoms with E-state index < -0.39 is 0 Å². The topological polar surface area (TPSA) is 35.6 Å². The molecule has 0 saturated carbocycles. The summed E-state index contributed by atoms with van der Waals surface area (Å²) in [5, 5.41) is 19.8. The van der Waals surface area contributed by atoms with E-state index in [2.05, 4.69) is 215 Å². The Bertz CT molecular complexity index is 4130. The van der Waals surface area contributed by atoms with Gasteiger partial charge >= 0.3 is 0 Å². The van der Waals surface area contributed by atoms with Gasteiger partial charge in [-0.15, -0.1) is 0 Å². The molecule has 0 bridgehead atoms. The van der Waals surface area contributed by atoms with Gasteiger partial charge in [0.2, 0.25) is 5.95 Å². The van der Waals surface area contributed by atoms with Gasteiger partial charge in [-0.2, -0.15) is 0 Å². The van der Waals surface area contributed by atoms with Crippen LogP contribution in [0.3, 0.4) is 0 Å². The van der Waals surface area contributed by atoms with Crippen molar-refractivity contribution in [2.45, 2.75) is 0 Å². The number of para-hydroxylation sites is 3. The van der Waals surface area contributed by atoms with Crippen LogP contribution in [0.25, 0.3) is 142 Å². The number of hydrogen-bond donors (Lipinski definition) is 0. The molecule has 0 N–H and O–H groups in total. The molecule has 0 aliphatic rings. The lowest BCUT2D eigenvalue weighted by molar-refractivity contribution is 0.996. The summed E-state index contributed by atoms with van der Waals surface area (Å²) >= 11 is 0. The van der Waals surface area contributed by atoms with Crippen molar-refractivity contribution in [2.75, 3.05) is 0 Å². The van der Waals surface area contributed by atoms with E-state index >= 15 is 0 Å². The summed E-state index contributed by atoms with van der Waals surface area (Å²) in [6.07, 6.45) is 0. The van der Waals surface area contributed by atoms with E-state index in [0.717, 1.165) is 44.6 Å². The van der Waals surface area contributed by atoms with Gasteiger partial charge in [0.1, 0.15) is 0 Å². The molecule has 294 valence electrons. The summed E-state index contributed by atoms with van der Waals surface area (Å²) in [7, 11) is 0. The van der Waals surface area contributed by atoms with Crippen molar-refractivity contribution in [3.8, 4) is 34.2 Å². The van der Waals surface area contributed by atoms with E-state index in [1.54, 1.807) is 0 Å². The molecular formula is C60H34N4. The summed E-state index contributed by atoms with van der Waals surface area (Å²) < 4.78 is 4.72. The van der Waals surface area contributed by atoms with E-state index in [1.807, 2.05) is 0 Å². The van der Waals surface area contributed by atoms with Crippen molar-refractivity contribution in [1.82, 2.24) is 19.1 Å². The predicted octanol–water partition coefficient (Wildman–Crippen LogP) is 15.8. The molecule has 0 atom stereocenters. The van der Waals surface area contributed by atoms with Gasteiger partial charge in [0, 0.05) is 38.4 Å². The Balaban J connectivity index is 1.05. The lowest BCUT2D eigenvalue weighted by Gasteiger charge is -2.16. The second kappa shape index (κ2) is 12.5. The maximum atomic E-state index is 5.60. The molecule has 12 aromatic carbocycles. The van der Waals surface area contributed by atoms with Gasteiger partial charge in [-0.05, 0) is 125 Å². The third-order valence-electron chi connectivity index (χ3n) is 13.9. The van der Waals surface area contributed by atoms with Crippen LogP contribution >= 0.6 is 0 Å². The molecular weight excluding hydrogens is 777 g/mol. The number of fused-ring (bicyclic) bond motifs is 7. The van der Waals surface area contributed by atoms with Crippen LogP contribution in [-0.4, -0.2) is 19.1 Å². The molecule has 0 aliphatic carbocycles. The van der Waals surface area contributed by atoms with E-state index in [4.69, 9.17) is 9.97 Å². The van der Waals surface area contributed by atoms with Crippen LogP contribution in [0.5, 0.6) is 0 Å². The van der Waals surface area contributed by atoms with Crippen LogP contribution in [0.4, 0.5) is 0 Å². The van der Waals surface area contributed by atoms with Crippen LogP contribution in [0.15, 0.2) is 206 Å². The molecule has 15 rings (SSSR count). The summed E-state index contributed by atoms with van der Waals surface area (Å²) in [6, 6.07) is 75.5. The zero-order valence-corrected chi connectivity index (χ0v) is 34.4. The van der Waals surface area contributed by atoms with Crippen LogP contribution in [0.2, 0.25) is 0 Å². The van der Waals surface area contributed by atoms with Gasteiger partial charge in [-0.1, -0.05) is 146 Å². The Morgan fingerprint density at radius 1 is 0.281 bits per heavy atom. The van der Waals surface area contributed by atoms with E-state index in [0.29, 0.717) is 5.95 Å². The van der Waals surface area contributed by atoms with Crippen LogP contribution in [-0.2, 0) is 0 Å². The molecule has 0 fully saturated rings. The Morgan fingerprint density at radius 3 is 1.28 bits per heavy atom. The second-order valence-corrected chi connectivity index (χ2v) is 17.4. The maximum Gasteiger partial charge on any atom is 0.235 e. The molecule has 0 radical (unpaired) electrons. The van der Waals surface area contributed by atoms with Gasteiger partial charge in [0.15, 0.2) is 0 Å². The van der Waals surface area contributed by atoms with Gasteiger partial charge in [-0.3, -0.25) is 4.57 Å². The molecule has 3 heterocycles. The molecule has 0 spiro atoms. The molecule has 0 saturated heterocycles. The highest BCUT2D eigenvalue weighted by Gasteiger charge is 2.23. The van der Waals surface area contributed by atoms with Crippen molar-refractivity contribution >= 4 is 108 Å². The quantitative estimate of drug-likeness (QED) is 0.166. The summed E-state index contributed by atoms with van der Waals surface area (Å²) in [4.78, 5) is 11.2. The fourth-order valence-corrected chi connectivity index (χ4v) is 11.2. The average molecular weight is 811 g/mol. The molecule has 0 aliphatic heterocycles. The van der Waals surface area contributed by atoms with Crippen LogP contribution in [0.1, 0.15) is 0 Å². The van der Waals surface area contributed by atoms with Gasteiger partial charge in [0.05, 0.1) is 33.5 Å². The average Bonchev–Trinajstić information content (AvgIpc) is 3.88. The smallest absolute Gasteiger partial charge is 0.235 e. The highest BCUT2D eigenvalue weighted by molar-refractivity contribution is 6.27. The SMILES string of the molecule is c1ccc(-n2c3ccccc3c3ccc4c(c5ccccc5n4-c4nc(-c5cc6ccc7cccc8ccc(c5)c6c78)cc(-c5cc6ccc7cccc8ccc(c5)c6c78)n4)c32)cc1. The zero-order valence-electron chi connectivity index (χ0n) is 34.4. The Labute approximate surface area is 366 Å². The zero-order chi connectivity index (χ0) is 41.6. The number of hydrogen-bond acceptors (Lipinski definition) is 2. The fourth-order valence-electron chi connectivity index (χ4n) is 11.2. The number of benzene rings is 12. The van der Waals surface area contributed by atoms with E-state index in [-0.39, 0.29) is 0 Å². The van der Waals surface area contributed by atoms with E-state index in [9.17, 15) is 0 Å². The fraction of sp³-hybridized carbons (Fsp3) is 0. The highest BCUT2D eigenvalue weighted by atomic mass is 15.2. The van der Waals surface area contributed by atoms with E-state index in [1.165, 1.54) is 91.8 Å². The molecule has 0 unspecified atom stereocenters. The minimum Gasteiger partial charge on any atom is -0.309 e. The Kier molecular flexibility index (Phi) is 6.65. The van der Waals surface area contributed by atoms with Gasteiger partial charge in [-0.25, -0.2) is 9.97 Å². The van der Waals surface area contributed by atoms with Crippen molar-refractivity contribution in [3.63, 3.8) is 0 Å². The third kappa shape index (κ3) is 4.61. The largest absolute Gasteiger partial charge is 0.309 e. The number of nitrogens with zero attached hydrogens (tertiary/aromatic N) is 4. The first-order valence-electron chi connectivity index (χ1n) is 22.0. The van der Waals surface area contributed by atoms with Crippen molar-refractivity contribution in [1.29, 1.82) is 0 Å². The Morgan fingerprint density at radius 2 is 0.734 bits per heavy atom. The predicted molar refractivity (Wildman–Crippen MR) is 269 cm³/mol. The lowest BCUT2D eigenvalue weighted by Crippen LogP contribution is -2.04. The second-order valence-electron chi connectivity index (χ2n) is 17.4. The van der Waals surface area contributed by atoms with Crippen LogP contribution in [0, 0.1) is 0 Å². The van der Waals surface area contributed by atoms with Gasteiger partial charge in [0.25, 0.3) is 0 Å². The monoisotopic (exact) mass is 810 g/mol. The van der Waals surface area contributed by atoms with Crippen molar-refractivity contribution in [3.05, 3.63) is 206 Å². The molecule has 4 nitrogen and oxygen atoms in total. The van der Waals surface area contributed by atoms with Crippen LogP contribution < -0.4 is 0 Å². The summed E-state index contributed by atoms with van der Waals surface area (Å²) in [5.74, 6) is 0.635. The molecule has 64 heavy (non-hydrogen) atoms. The normalized spacial score (nSPS) is 12.4. The lowest BCUT2D eigenvalue weighted by atomic mass is 9.91. The molecule has 0 amide bonds. The first kappa shape index (κ1) is 34.0. The maximum absolute atomic E-state index is 5.60. The third-order valence-corrected chi connectivity index (χ3v) is 13.9. The summed E-state index contributed by atoms with van der Waals surface area (Å²) in [6.45, 7) is 0. The standard InChI is InChI=1S/C60H34N4/c1-2-14-45(15-3-1)63-51-18-6-4-16-46(51)47-28-29-53-58(59(47)63)48-17-5-7-19-52(48)64(53)60-61-49(43-30-39-24-20-35-10-8-11-36-21-25-40(31-43)56(39)54(35)36)34-50(62-60)44-32-41-26-22-37-12-9-13-38-23-27-42(33-44)57(41)55(37)38/h1-34H. The molecule has 15 aromatic rings. The van der Waals surface area contributed by atoms with Crippen molar-refractivity contribution in [2.24, 2.45) is 0 Å². The number of rotatable bonds is 4. The Hall–Kier alpha value is -8.60. The molecule has 4 heteroatoms. The van der Waals surface area contributed by atoms with Gasteiger partial charge < -0.3 is 4.57 Å². The minimum atomic E-state index is 0.635. The first-order chi connectivity index (χ1) is 31.7. The molecule has 3 aromatic heterocycles. The highest BCUT2D eigenvalue weighted by Crippen LogP contribution is 2.44. The number of aromatic nitrogens is 4. The minimum absolute atomic E-state index is 0.635.